The summed E-state index contributed by atoms with van der Waals surface area (Å²) in [7, 11) is 0. The van der Waals surface area contributed by atoms with E-state index in [0.717, 1.165) is 21.7 Å². The first-order valence-electron chi connectivity index (χ1n) is 5.68. The Balaban J connectivity index is 2.23. The van der Waals surface area contributed by atoms with Gasteiger partial charge in [0.15, 0.2) is 0 Å². The van der Waals surface area contributed by atoms with Crippen LogP contribution in [0.5, 0.6) is 0 Å². The summed E-state index contributed by atoms with van der Waals surface area (Å²) in [5, 5.41) is 1.06. The second kappa shape index (κ2) is 4.19. The van der Waals surface area contributed by atoms with Crippen molar-refractivity contribution in [2.24, 2.45) is 5.73 Å². The highest BCUT2D eigenvalue weighted by Gasteiger charge is 2.19. The summed E-state index contributed by atoms with van der Waals surface area (Å²) >= 11 is 1.67. The summed E-state index contributed by atoms with van der Waals surface area (Å²) < 4.78 is 5.36. The first-order valence-corrected chi connectivity index (χ1v) is 6.49. The van der Waals surface area contributed by atoms with E-state index in [0.29, 0.717) is 0 Å². The summed E-state index contributed by atoms with van der Waals surface area (Å²) in [6.45, 7) is 4.17. The fourth-order valence-corrected chi connectivity index (χ4v) is 3.05. The molecule has 0 aromatic carbocycles. The Morgan fingerprint density at radius 1 is 1.33 bits per heavy atom. The van der Waals surface area contributed by atoms with Gasteiger partial charge in [0, 0.05) is 10.3 Å². The monoisotopic (exact) mass is 259 g/mol. The van der Waals surface area contributed by atoms with Gasteiger partial charge >= 0.3 is 0 Å². The molecule has 0 aliphatic heterocycles. The van der Waals surface area contributed by atoms with Crippen molar-refractivity contribution in [1.82, 2.24) is 9.97 Å². The summed E-state index contributed by atoms with van der Waals surface area (Å²) in [4.78, 5) is 10.9. The maximum atomic E-state index is 6.23. The van der Waals surface area contributed by atoms with Crippen LogP contribution in [0.3, 0.4) is 0 Å². The van der Waals surface area contributed by atoms with Gasteiger partial charge in [-0.3, -0.25) is 0 Å². The highest BCUT2D eigenvalue weighted by molar-refractivity contribution is 7.18. The molecule has 0 radical (unpaired) electrons. The highest BCUT2D eigenvalue weighted by Crippen LogP contribution is 2.33. The molecule has 4 nitrogen and oxygen atoms in total. The van der Waals surface area contributed by atoms with E-state index < -0.39 is 0 Å². The van der Waals surface area contributed by atoms with Gasteiger partial charge in [0.1, 0.15) is 23.0 Å². The molecule has 0 fully saturated rings. The Kier molecular flexibility index (Phi) is 2.65. The fourth-order valence-electron chi connectivity index (χ4n) is 2.05. The topological polar surface area (TPSA) is 64.9 Å². The first-order chi connectivity index (χ1) is 8.68. The van der Waals surface area contributed by atoms with E-state index in [1.807, 2.05) is 12.1 Å². The van der Waals surface area contributed by atoms with Crippen LogP contribution in [0, 0.1) is 13.8 Å². The van der Waals surface area contributed by atoms with Crippen LogP contribution >= 0.6 is 11.3 Å². The maximum Gasteiger partial charge on any atom is 0.127 e. The smallest absolute Gasteiger partial charge is 0.127 e. The van der Waals surface area contributed by atoms with Crippen molar-refractivity contribution in [3.63, 3.8) is 0 Å². The predicted molar refractivity (Wildman–Crippen MR) is 71.6 cm³/mol. The standard InChI is InChI=1S/C13H13N3OS/c1-7-8(2)18-13-10(7)12(15-6-16-13)11(14)9-4-3-5-17-9/h3-6,11H,14H2,1-2H3. The Labute approximate surface area is 108 Å². The number of aryl methyl sites for hydroxylation is 2. The lowest BCUT2D eigenvalue weighted by atomic mass is 10.1. The lowest BCUT2D eigenvalue weighted by molar-refractivity contribution is 0.487. The SMILES string of the molecule is Cc1sc2ncnc(C(N)c3ccco3)c2c1C. The summed E-state index contributed by atoms with van der Waals surface area (Å²) in [5.41, 5.74) is 8.26. The van der Waals surface area contributed by atoms with E-state index in [1.54, 1.807) is 23.9 Å². The van der Waals surface area contributed by atoms with Crippen LogP contribution in [0.4, 0.5) is 0 Å². The minimum absolute atomic E-state index is 0.349. The largest absolute Gasteiger partial charge is 0.467 e. The summed E-state index contributed by atoms with van der Waals surface area (Å²) in [5.74, 6) is 0.721. The average Bonchev–Trinajstić information content (AvgIpc) is 2.98. The molecule has 0 amide bonds. The third-order valence-corrected chi connectivity index (χ3v) is 4.25. The molecule has 18 heavy (non-hydrogen) atoms. The molecule has 3 aromatic rings. The number of rotatable bonds is 2. The van der Waals surface area contributed by atoms with Gasteiger partial charge in [0.2, 0.25) is 0 Å². The van der Waals surface area contributed by atoms with Crippen LogP contribution in [0.1, 0.15) is 27.9 Å². The second-order valence-electron chi connectivity index (χ2n) is 4.22. The van der Waals surface area contributed by atoms with Gasteiger partial charge in [-0.25, -0.2) is 9.97 Å². The summed E-state index contributed by atoms with van der Waals surface area (Å²) in [6.07, 6.45) is 3.19. The van der Waals surface area contributed by atoms with Crippen molar-refractivity contribution >= 4 is 21.6 Å². The van der Waals surface area contributed by atoms with Crippen LogP contribution in [0.2, 0.25) is 0 Å². The minimum Gasteiger partial charge on any atom is -0.467 e. The molecule has 0 spiro atoms. The minimum atomic E-state index is -0.349. The molecule has 92 valence electrons. The molecular formula is C13H13N3OS. The Morgan fingerprint density at radius 3 is 2.89 bits per heavy atom. The quantitative estimate of drug-likeness (QED) is 0.768. The molecule has 3 heterocycles. The number of fused-ring (bicyclic) bond motifs is 1. The molecule has 0 aliphatic carbocycles. The van der Waals surface area contributed by atoms with Crippen LogP contribution in [0.15, 0.2) is 29.1 Å². The average molecular weight is 259 g/mol. The third-order valence-electron chi connectivity index (χ3n) is 3.14. The number of furan rings is 1. The van der Waals surface area contributed by atoms with Crippen molar-refractivity contribution in [2.45, 2.75) is 19.9 Å². The van der Waals surface area contributed by atoms with Crippen molar-refractivity contribution in [3.05, 3.63) is 46.6 Å². The zero-order valence-electron chi connectivity index (χ0n) is 10.2. The highest BCUT2D eigenvalue weighted by atomic mass is 32.1. The number of hydrogen-bond donors (Lipinski definition) is 1. The van der Waals surface area contributed by atoms with Crippen LogP contribution in [-0.2, 0) is 0 Å². The molecular weight excluding hydrogens is 246 g/mol. The van der Waals surface area contributed by atoms with E-state index in [4.69, 9.17) is 10.2 Å². The zero-order valence-corrected chi connectivity index (χ0v) is 11.0. The van der Waals surface area contributed by atoms with Crippen LogP contribution in [-0.4, -0.2) is 9.97 Å². The van der Waals surface area contributed by atoms with E-state index in [1.165, 1.54) is 10.4 Å². The molecule has 0 bridgehead atoms. The molecule has 2 N–H and O–H groups in total. The van der Waals surface area contributed by atoms with Gasteiger partial charge in [-0.05, 0) is 31.5 Å². The first kappa shape index (κ1) is 11.4. The molecule has 1 unspecified atom stereocenters. The fraction of sp³-hybridized carbons (Fsp3) is 0.231. The number of hydrogen-bond acceptors (Lipinski definition) is 5. The van der Waals surface area contributed by atoms with Gasteiger partial charge in [-0.2, -0.15) is 0 Å². The molecule has 0 saturated heterocycles. The molecule has 3 rings (SSSR count). The molecule has 3 aromatic heterocycles. The molecule has 0 aliphatic rings. The van der Waals surface area contributed by atoms with Gasteiger partial charge in [0.25, 0.3) is 0 Å². The molecule has 5 heteroatoms. The summed E-state index contributed by atoms with van der Waals surface area (Å²) in [6, 6.07) is 3.35. The predicted octanol–water partition coefficient (Wildman–Crippen LogP) is 2.95. The van der Waals surface area contributed by atoms with E-state index in [-0.39, 0.29) is 6.04 Å². The van der Waals surface area contributed by atoms with Gasteiger partial charge in [0.05, 0.1) is 12.0 Å². The number of aromatic nitrogens is 2. The van der Waals surface area contributed by atoms with Crippen LogP contribution < -0.4 is 5.73 Å². The normalized spacial score (nSPS) is 13.1. The third kappa shape index (κ3) is 1.63. The zero-order chi connectivity index (χ0) is 12.7. The van der Waals surface area contributed by atoms with Crippen molar-refractivity contribution in [2.75, 3.05) is 0 Å². The van der Waals surface area contributed by atoms with Gasteiger partial charge in [-0.15, -0.1) is 11.3 Å². The second-order valence-corrected chi connectivity index (χ2v) is 5.42. The van der Waals surface area contributed by atoms with Crippen LogP contribution in [0.25, 0.3) is 10.2 Å². The van der Waals surface area contributed by atoms with Crippen molar-refractivity contribution in [3.8, 4) is 0 Å². The van der Waals surface area contributed by atoms with Crippen molar-refractivity contribution < 1.29 is 4.42 Å². The molecule has 0 saturated carbocycles. The Hall–Kier alpha value is -1.72. The number of nitrogens with zero attached hydrogens (tertiary/aromatic N) is 2. The van der Waals surface area contributed by atoms with Crippen molar-refractivity contribution in [1.29, 1.82) is 0 Å². The lowest BCUT2D eigenvalue weighted by Crippen LogP contribution is -2.13. The van der Waals surface area contributed by atoms with Gasteiger partial charge in [-0.1, -0.05) is 0 Å². The number of nitrogens with two attached hydrogens (primary N) is 1. The Morgan fingerprint density at radius 2 is 2.17 bits per heavy atom. The molecule has 1 atom stereocenters. The Bertz CT molecular complexity index is 688. The van der Waals surface area contributed by atoms with E-state index in [2.05, 4.69) is 23.8 Å². The maximum absolute atomic E-state index is 6.23. The van der Waals surface area contributed by atoms with E-state index >= 15 is 0 Å². The lowest BCUT2D eigenvalue weighted by Gasteiger charge is -2.09. The number of thiophene rings is 1. The van der Waals surface area contributed by atoms with E-state index in [9.17, 15) is 0 Å². The van der Waals surface area contributed by atoms with Gasteiger partial charge < -0.3 is 10.2 Å².